The lowest BCUT2D eigenvalue weighted by Gasteiger charge is -2.63. The first-order valence-electron chi connectivity index (χ1n) is 6.00. The summed E-state index contributed by atoms with van der Waals surface area (Å²) in [4.78, 5) is 11.7. The van der Waals surface area contributed by atoms with Crippen molar-refractivity contribution in [3.8, 4) is 0 Å². The minimum Gasteiger partial charge on any atom is -0.469 e. The van der Waals surface area contributed by atoms with Crippen molar-refractivity contribution in [3.05, 3.63) is 0 Å². The zero-order valence-corrected chi connectivity index (χ0v) is 9.34. The van der Waals surface area contributed by atoms with Crippen LogP contribution < -0.4 is 5.32 Å². The van der Waals surface area contributed by atoms with Gasteiger partial charge in [-0.3, -0.25) is 4.79 Å². The van der Waals surface area contributed by atoms with E-state index in [4.69, 9.17) is 4.74 Å². The number of piperidine rings is 2. The largest absolute Gasteiger partial charge is 0.469 e. The van der Waals surface area contributed by atoms with E-state index in [1.54, 1.807) is 0 Å². The van der Waals surface area contributed by atoms with Crippen molar-refractivity contribution < 1.29 is 9.53 Å². The minimum atomic E-state index is -0.164. The van der Waals surface area contributed by atoms with Gasteiger partial charge in [-0.25, -0.2) is 0 Å². The molecule has 2 bridgehead atoms. The van der Waals surface area contributed by atoms with Crippen LogP contribution in [0.5, 0.6) is 0 Å². The van der Waals surface area contributed by atoms with Gasteiger partial charge in [0.15, 0.2) is 0 Å². The Labute approximate surface area is 90.6 Å². The molecule has 1 N–H and O–H groups in total. The summed E-state index contributed by atoms with van der Waals surface area (Å²) in [7, 11) is 1.51. The molecule has 0 aromatic heterocycles. The summed E-state index contributed by atoms with van der Waals surface area (Å²) >= 11 is 0. The molecular formula is C12H19NO2. The molecule has 0 spiro atoms. The van der Waals surface area contributed by atoms with E-state index in [9.17, 15) is 4.79 Å². The standard InChI is InChI=1S/C12H19NO2/c1-15-10(14)12-5-11(6-12,7-13-8-12)9-3-2-4-9/h9,13H,2-8H2,1H3. The molecule has 0 amide bonds. The third kappa shape index (κ3) is 1.13. The molecule has 3 nitrogen and oxygen atoms in total. The lowest BCUT2D eigenvalue weighted by atomic mass is 9.43. The van der Waals surface area contributed by atoms with Crippen LogP contribution in [0.25, 0.3) is 0 Å². The van der Waals surface area contributed by atoms with E-state index in [0.29, 0.717) is 5.41 Å². The summed E-state index contributed by atoms with van der Waals surface area (Å²) in [5.41, 5.74) is 0.285. The molecule has 0 aromatic rings. The monoisotopic (exact) mass is 209 g/mol. The first-order valence-corrected chi connectivity index (χ1v) is 6.00. The Bertz CT molecular complexity index is 290. The molecule has 0 radical (unpaired) electrons. The van der Waals surface area contributed by atoms with E-state index >= 15 is 0 Å². The normalized spacial score (nSPS) is 44.1. The van der Waals surface area contributed by atoms with Gasteiger partial charge >= 0.3 is 5.97 Å². The van der Waals surface area contributed by atoms with Crippen LogP contribution in [0, 0.1) is 16.7 Å². The molecule has 15 heavy (non-hydrogen) atoms. The lowest BCUT2D eigenvalue weighted by molar-refractivity contribution is -0.187. The summed E-state index contributed by atoms with van der Waals surface area (Å²) in [5, 5.41) is 3.43. The third-order valence-electron chi connectivity index (χ3n) is 4.91. The summed E-state index contributed by atoms with van der Waals surface area (Å²) in [6.45, 7) is 1.95. The van der Waals surface area contributed by atoms with Gasteiger partial charge in [0, 0.05) is 13.1 Å². The quantitative estimate of drug-likeness (QED) is 0.697. The molecule has 4 rings (SSSR count). The maximum Gasteiger partial charge on any atom is 0.313 e. The van der Waals surface area contributed by atoms with Gasteiger partial charge < -0.3 is 10.1 Å². The van der Waals surface area contributed by atoms with Crippen molar-refractivity contribution in [2.45, 2.75) is 32.1 Å². The molecule has 2 saturated carbocycles. The molecule has 2 saturated heterocycles. The average Bonchev–Trinajstić information content (AvgIpc) is 2.12. The Balaban J connectivity index is 1.75. The molecule has 4 fully saturated rings. The fraction of sp³-hybridized carbons (Fsp3) is 0.917. The molecule has 4 aliphatic rings. The highest BCUT2D eigenvalue weighted by Crippen LogP contribution is 2.64. The van der Waals surface area contributed by atoms with Crippen LogP contribution in [0.4, 0.5) is 0 Å². The Morgan fingerprint density at radius 1 is 1.33 bits per heavy atom. The minimum absolute atomic E-state index is 0.00430. The van der Waals surface area contributed by atoms with E-state index in [1.807, 2.05) is 0 Å². The van der Waals surface area contributed by atoms with E-state index in [-0.39, 0.29) is 11.4 Å². The number of ether oxygens (including phenoxy) is 1. The van der Waals surface area contributed by atoms with E-state index in [2.05, 4.69) is 5.32 Å². The molecule has 3 heteroatoms. The highest BCUT2D eigenvalue weighted by atomic mass is 16.5. The second-order valence-electron chi connectivity index (χ2n) is 5.72. The van der Waals surface area contributed by atoms with Crippen LogP contribution in [-0.2, 0) is 9.53 Å². The zero-order chi connectivity index (χ0) is 10.5. The van der Waals surface area contributed by atoms with Crippen molar-refractivity contribution >= 4 is 5.97 Å². The first-order chi connectivity index (χ1) is 7.21. The number of hydrogen-bond donors (Lipinski definition) is 1. The van der Waals surface area contributed by atoms with Crippen molar-refractivity contribution in [3.63, 3.8) is 0 Å². The molecule has 0 unspecified atom stereocenters. The molecule has 0 atom stereocenters. The lowest BCUT2D eigenvalue weighted by Crippen LogP contribution is -2.68. The Kier molecular flexibility index (Phi) is 1.91. The van der Waals surface area contributed by atoms with Crippen molar-refractivity contribution in [2.24, 2.45) is 16.7 Å². The van der Waals surface area contributed by atoms with Gasteiger partial charge in [0.1, 0.15) is 0 Å². The zero-order valence-electron chi connectivity index (χ0n) is 9.34. The van der Waals surface area contributed by atoms with Gasteiger partial charge in [0.05, 0.1) is 12.5 Å². The van der Waals surface area contributed by atoms with Gasteiger partial charge in [-0.1, -0.05) is 6.42 Å². The highest BCUT2D eigenvalue weighted by Gasteiger charge is 2.64. The van der Waals surface area contributed by atoms with E-state index in [0.717, 1.165) is 31.8 Å². The van der Waals surface area contributed by atoms with E-state index < -0.39 is 0 Å². The molecule has 84 valence electrons. The molecule has 0 aromatic carbocycles. The van der Waals surface area contributed by atoms with Crippen LogP contribution in [0.2, 0.25) is 0 Å². The summed E-state index contributed by atoms with van der Waals surface area (Å²) in [6.07, 6.45) is 6.28. The first kappa shape index (κ1) is 9.64. The maximum atomic E-state index is 11.7. The van der Waals surface area contributed by atoms with Gasteiger partial charge in [-0.15, -0.1) is 0 Å². The van der Waals surface area contributed by atoms with Crippen LogP contribution in [0.3, 0.4) is 0 Å². The Morgan fingerprint density at radius 2 is 2.07 bits per heavy atom. The van der Waals surface area contributed by atoms with Gasteiger partial charge in [0.25, 0.3) is 0 Å². The summed E-state index contributed by atoms with van der Waals surface area (Å²) in [6, 6.07) is 0. The second-order valence-corrected chi connectivity index (χ2v) is 5.72. The number of fused-ring (bicyclic) bond motifs is 2. The van der Waals surface area contributed by atoms with Gasteiger partial charge in [-0.2, -0.15) is 0 Å². The van der Waals surface area contributed by atoms with Gasteiger partial charge in [0.2, 0.25) is 0 Å². The number of carbonyl (C=O) groups excluding carboxylic acids is 1. The maximum absolute atomic E-state index is 11.7. The Morgan fingerprint density at radius 3 is 2.60 bits per heavy atom. The van der Waals surface area contributed by atoms with Crippen molar-refractivity contribution in [1.29, 1.82) is 0 Å². The molecule has 2 aliphatic heterocycles. The van der Waals surface area contributed by atoms with Crippen LogP contribution in [-0.4, -0.2) is 26.2 Å². The van der Waals surface area contributed by atoms with Gasteiger partial charge in [-0.05, 0) is 37.0 Å². The fourth-order valence-electron chi connectivity index (χ4n) is 3.98. The van der Waals surface area contributed by atoms with E-state index in [1.165, 1.54) is 26.4 Å². The average molecular weight is 209 g/mol. The molecule has 2 heterocycles. The van der Waals surface area contributed by atoms with Crippen LogP contribution >= 0.6 is 0 Å². The second kappa shape index (κ2) is 2.97. The number of hydrogen-bond acceptors (Lipinski definition) is 3. The van der Waals surface area contributed by atoms with Crippen molar-refractivity contribution in [1.82, 2.24) is 5.32 Å². The predicted molar refractivity (Wildman–Crippen MR) is 56.3 cm³/mol. The number of rotatable bonds is 2. The molecular weight excluding hydrogens is 190 g/mol. The number of nitrogens with one attached hydrogen (secondary N) is 1. The summed E-state index contributed by atoms with van der Waals surface area (Å²) < 4.78 is 4.93. The Hall–Kier alpha value is -0.570. The smallest absolute Gasteiger partial charge is 0.313 e. The van der Waals surface area contributed by atoms with Crippen LogP contribution in [0.15, 0.2) is 0 Å². The molecule has 2 aliphatic carbocycles. The predicted octanol–water partition coefficient (Wildman–Crippen LogP) is 1.33. The summed E-state index contributed by atoms with van der Waals surface area (Å²) in [5.74, 6) is 0.882. The van der Waals surface area contributed by atoms with Crippen LogP contribution in [0.1, 0.15) is 32.1 Å². The third-order valence-corrected chi connectivity index (χ3v) is 4.91. The number of esters is 1. The number of methoxy groups -OCH3 is 1. The number of carbonyl (C=O) groups is 1. The topological polar surface area (TPSA) is 38.3 Å². The van der Waals surface area contributed by atoms with Crippen molar-refractivity contribution in [2.75, 3.05) is 20.2 Å². The SMILES string of the molecule is COC(=O)C12CNCC(C3CCC3)(C1)C2. The highest BCUT2D eigenvalue weighted by molar-refractivity contribution is 5.79. The fourth-order valence-corrected chi connectivity index (χ4v) is 3.98.